The third-order valence-electron chi connectivity index (χ3n) is 1.87. The summed E-state index contributed by atoms with van der Waals surface area (Å²) in [4.78, 5) is 8.36. The second kappa shape index (κ2) is 6.47. The second-order valence-electron chi connectivity index (χ2n) is 4.38. The van der Waals surface area contributed by atoms with Gasteiger partial charge in [-0.25, -0.2) is 0 Å². The molecule has 0 amide bonds. The van der Waals surface area contributed by atoms with Gasteiger partial charge in [-0.3, -0.25) is 10.8 Å². The van der Waals surface area contributed by atoms with Crippen LogP contribution < -0.4 is 11.5 Å². The lowest BCUT2D eigenvalue weighted by Crippen LogP contribution is -2.38. The lowest BCUT2D eigenvalue weighted by Gasteiger charge is -2.20. The van der Waals surface area contributed by atoms with E-state index in [-0.39, 0.29) is 11.7 Å². The highest BCUT2D eigenvalue weighted by atomic mass is 16.9. The van der Waals surface area contributed by atoms with E-state index < -0.39 is 16.2 Å². The van der Waals surface area contributed by atoms with Crippen molar-refractivity contribution in [2.24, 2.45) is 21.7 Å². The van der Waals surface area contributed by atoms with Gasteiger partial charge in [0.2, 0.25) is 0 Å². The molecule has 0 unspecified atom stereocenters. The van der Waals surface area contributed by atoms with Gasteiger partial charge in [-0.1, -0.05) is 0 Å². The number of hydrogen-bond donors (Lipinski definition) is 5. The molecule has 0 aliphatic heterocycles. The molecule has 7 N–H and O–H groups in total. The van der Waals surface area contributed by atoms with Crippen molar-refractivity contribution in [3.8, 4) is 0 Å². The summed E-state index contributed by atoms with van der Waals surface area (Å²) in [5.74, 6) is -0.138. The number of nitrogens with one attached hydrogen (secondary N) is 2. The van der Waals surface area contributed by atoms with Crippen LogP contribution in [0.3, 0.4) is 0 Å². The van der Waals surface area contributed by atoms with Crippen LogP contribution in [-0.4, -0.2) is 33.0 Å². The summed E-state index contributed by atoms with van der Waals surface area (Å²) >= 11 is 0. The van der Waals surface area contributed by atoms with Gasteiger partial charge >= 0.3 is 0 Å². The quantitative estimate of drug-likeness (QED) is 0.162. The highest BCUT2D eigenvalue weighted by Gasteiger charge is 2.25. The van der Waals surface area contributed by atoms with Gasteiger partial charge in [-0.2, -0.15) is 10.2 Å². The number of rotatable bonds is 4. The largest absolute Gasteiger partial charge is 0.386 e. The summed E-state index contributed by atoms with van der Waals surface area (Å²) < 4.78 is 0. The van der Waals surface area contributed by atoms with E-state index in [1.165, 1.54) is 0 Å². The van der Waals surface area contributed by atoms with E-state index in [1.807, 2.05) is 0 Å². The maximum absolute atomic E-state index is 8.36. The molecule has 104 valence electrons. The maximum Gasteiger partial charge on any atom is 0.291 e. The van der Waals surface area contributed by atoms with Crippen LogP contribution >= 0.6 is 0 Å². The first-order chi connectivity index (χ1) is 7.83. The Hall–Kier alpha value is -2.26. The first-order valence-corrected chi connectivity index (χ1v) is 4.79. The molecule has 0 saturated heterocycles. The Balaban J connectivity index is 0. The van der Waals surface area contributed by atoms with Crippen LogP contribution in [0.15, 0.2) is 10.2 Å². The first kappa shape index (κ1) is 18.1. The van der Waals surface area contributed by atoms with Crippen molar-refractivity contribution in [2.75, 3.05) is 0 Å². The lowest BCUT2D eigenvalue weighted by atomic mass is 10.1. The van der Waals surface area contributed by atoms with Crippen molar-refractivity contribution in [3.63, 3.8) is 0 Å². The minimum Gasteiger partial charge on any atom is -0.386 e. The molecule has 10 nitrogen and oxygen atoms in total. The smallest absolute Gasteiger partial charge is 0.291 e. The van der Waals surface area contributed by atoms with Crippen molar-refractivity contribution in [1.82, 2.24) is 0 Å². The number of amidine groups is 2. The summed E-state index contributed by atoms with van der Waals surface area (Å²) in [7, 11) is 0. The Bertz CT molecular complexity index is 330. The average molecular weight is 261 g/mol. The van der Waals surface area contributed by atoms with E-state index in [9.17, 15) is 0 Å². The van der Waals surface area contributed by atoms with Gasteiger partial charge in [0, 0.05) is 0 Å². The van der Waals surface area contributed by atoms with E-state index in [0.29, 0.717) is 0 Å². The molecule has 0 atom stereocenters. The molecule has 0 bridgehead atoms. The Labute approximate surface area is 104 Å². The van der Waals surface area contributed by atoms with Crippen LogP contribution in [0.1, 0.15) is 27.7 Å². The molecule has 0 aromatic rings. The maximum atomic E-state index is 8.36. The van der Waals surface area contributed by atoms with E-state index in [2.05, 4.69) is 10.2 Å². The van der Waals surface area contributed by atoms with Gasteiger partial charge in [0.25, 0.3) is 5.09 Å². The molecular weight excluding hydrogens is 242 g/mol. The molecule has 0 rings (SSSR count). The zero-order valence-corrected chi connectivity index (χ0v) is 10.8. The molecule has 0 aliphatic rings. The molecule has 0 aromatic carbocycles. The van der Waals surface area contributed by atoms with Crippen molar-refractivity contribution in [3.05, 3.63) is 10.1 Å². The number of azo groups is 1. The fourth-order valence-corrected chi connectivity index (χ4v) is 0.358. The van der Waals surface area contributed by atoms with Crippen molar-refractivity contribution in [1.29, 1.82) is 10.8 Å². The van der Waals surface area contributed by atoms with Crippen LogP contribution in [-0.2, 0) is 0 Å². The Morgan fingerprint density at radius 3 is 1.39 bits per heavy atom. The molecule has 0 radical (unpaired) electrons. The summed E-state index contributed by atoms with van der Waals surface area (Å²) in [5.41, 5.74) is 8.96. The molecule has 0 spiro atoms. The number of nitrogens with two attached hydrogens (primary N) is 2. The van der Waals surface area contributed by atoms with E-state index >= 15 is 0 Å². The fourth-order valence-electron chi connectivity index (χ4n) is 0.358. The normalized spacial score (nSPS) is 11.6. The fraction of sp³-hybridized carbons (Fsp3) is 0.750. The zero-order chi connectivity index (χ0) is 15.1. The minimum absolute atomic E-state index is 0.0689. The monoisotopic (exact) mass is 261 g/mol. The van der Waals surface area contributed by atoms with Crippen LogP contribution in [0.4, 0.5) is 0 Å². The van der Waals surface area contributed by atoms with Crippen molar-refractivity contribution in [2.45, 2.75) is 38.8 Å². The van der Waals surface area contributed by atoms with Gasteiger partial charge in [-0.15, -0.1) is 10.1 Å². The molecular formula is C8H19N7O3. The third kappa shape index (κ3) is 7.96. The Morgan fingerprint density at radius 1 is 1.11 bits per heavy atom. The van der Waals surface area contributed by atoms with Crippen LogP contribution in [0.25, 0.3) is 0 Å². The summed E-state index contributed by atoms with van der Waals surface area (Å²) in [6.45, 7) is 6.70. The van der Waals surface area contributed by atoms with Crippen LogP contribution in [0.2, 0.25) is 0 Å². The van der Waals surface area contributed by atoms with Crippen molar-refractivity contribution < 1.29 is 10.3 Å². The highest BCUT2D eigenvalue weighted by molar-refractivity contribution is 5.87. The molecule has 0 aromatic heterocycles. The average Bonchev–Trinajstić information content (AvgIpc) is 2.13. The molecule has 0 heterocycles. The van der Waals surface area contributed by atoms with E-state index in [4.69, 9.17) is 37.6 Å². The van der Waals surface area contributed by atoms with Gasteiger partial charge in [-0.05, 0) is 27.7 Å². The molecule has 10 heteroatoms. The topological polar surface area (TPSA) is 188 Å². The van der Waals surface area contributed by atoms with Crippen LogP contribution in [0, 0.1) is 20.9 Å². The molecule has 0 aliphatic carbocycles. The summed E-state index contributed by atoms with van der Waals surface area (Å²) in [6.07, 6.45) is 0. The second-order valence-corrected chi connectivity index (χ2v) is 4.38. The standard InChI is InChI=1S/C8H18N6.HNO3/c1-7(2,5(9)10)13-14-8(3,4)6(11)12;2-1(3)4/h1-4H3,(H3,9,10)(H3,11,12);(H,2,3,4)/b14-13+;. The van der Waals surface area contributed by atoms with Crippen LogP contribution in [0.5, 0.6) is 0 Å². The van der Waals surface area contributed by atoms with Gasteiger partial charge < -0.3 is 16.7 Å². The molecule has 0 saturated carbocycles. The first-order valence-electron chi connectivity index (χ1n) is 4.79. The summed E-state index contributed by atoms with van der Waals surface area (Å²) in [5, 5.41) is 35.9. The number of hydrogen-bond acceptors (Lipinski definition) is 6. The predicted octanol–water partition coefficient (Wildman–Crippen LogP) is 0.520. The Kier molecular flexibility index (Phi) is 6.51. The zero-order valence-electron chi connectivity index (χ0n) is 10.8. The van der Waals surface area contributed by atoms with Gasteiger partial charge in [0.1, 0.15) is 22.7 Å². The Morgan fingerprint density at radius 2 is 1.28 bits per heavy atom. The summed E-state index contributed by atoms with van der Waals surface area (Å²) in [6, 6.07) is 0. The van der Waals surface area contributed by atoms with Gasteiger partial charge in [0.15, 0.2) is 0 Å². The minimum atomic E-state index is -1.50. The number of nitrogens with zero attached hydrogens (tertiary/aromatic N) is 3. The highest BCUT2D eigenvalue weighted by Crippen LogP contribution is 2.15. The van der Waals surface area contributed by atoms with E-state index in [0.717, 1.165) is 0 Å². The predicted molar refractivity (Wildman–Crippen MR) is 65.6 cm³/mol. The molecule has 0 fully saturated rings. The van der Waals surface area contributed by atoms with Gasteiger partial charge in [0.05, 0.1) is 0 Å². The molecule has 18 heavy (non-hydrogen) atoms. The lowest BCUT2D eigenvalue weighted by molar-refractivity contribution is -0.742. The van der Waals surface area contributed by atoms with E-state index in [1.54, 1.807) is 27.7 Å². The third-order valence-corrected chi connectivity index (χ3v) is 1.87. The van der Waals surface area contributed by atoms with Crippen molar-refractivity contribution >= 4 is 11.7 Å². The SMILES string of the molecule is CC(C)(/N=N/C(C)(C)C(=N)N)C(=N)N.O=[N+]([O-])O.